The van der Waals surface area contributed by atoms with E-state index in [-0.39, 0.29) is 18.6 Å². The zero-order valence-corrected chi connectivity index (χ0v) is 19.9. The van der Waals surface area contributed by atoms with Crippen molar-refractivity contribution in [2.75, 3.05) is 13.1 Å². The monoisotopic (exact) mass is 480 g/mol. The van der Waals surface area contributed by atoms with Gasteiger partial charge in [0.05, 0.1) is 24.3 Å². The molecule has 0 bridgehead atoms. The van der Waals surface area contributed by atoms with Crippen LogP contribution < -0.4 is 0 Å². The van der Waals surface area contributed by atoms with Crippen LogP contribution in [0.1, 0.15) is 53.6 Å². The standard InChI is InChI=1S/C28H27ClF2N2O/c1-28(2,31)26(22-11-19(17-34)12-25(30)13-22)23-15-33(16-23)27(20-6-8-24(29)9-7-20)21-5-3-4-18(10-21)14-32/h3-13,23,26-27,34H,15-17H2,1-2H3. The zero-order chi connectivity index (χ0) is 24.5. The molecule has 2 unspecified atom stereocenters. The predicted octanol–water partition coefficient (Wildman–Crippen LogP) is 6.40. The van der Waals surface area contributed by atoms with Gasteiger partial charge in [0.25, 0.3) is 0 Å². The number of aliphatic hydroxyl groups is 1. The van der Waals surface area contributed by atoms with Crippen LogP contribution in [-0.4, -0.2) is 28.8 Å². The Bertz CT molecular complexity index is 1190. The summed E-state index contributed by atoms with van der Waals surface area (Å²) in [5, 5.41) is 19.5. The second-order valence-corrected chi connectivity index (χ2v) is 9.93. The van der Waals surface area contributed by atoms with Gasteiger partial charge < -0.3 is 5.11 Å². The fourth-order valence-electron chi connectivity index (χ4n) is 5.18. The molecule has 34 heavy (non-hydrogen) atoms. The molecule has 4 rings (SSSR count). The number of nitrogens with zero attached hydrogens (tertiary/aromatic N) is 2. The van der Waals surface area contributed by atoms with E-state index in [1.54, 1.807) is 12.1 Å². The molecule has 0 spiro atoms. The lowest BCUT2D eigenvalue weighted by Gasteiger charge is -2.50. The Morgan fingerprint density at radius 1 is 1.06 bits per heavy atom. The summed E-state index contributed by atoms with van der Waals surface area (Å²) in [5.74, 6) is -1.04. The van der Waals surface area contributed by atoms with Crippen molar-refractivity contribution in [3.8, 4) is 6.07 Å². The van der Waals surface area contributed by atoms with Gasteiger partial charge in [-0.2, -0.15) is 5.26 Å². The second kappa shape index (κ2) is 9.84. The molecule has 0 aliphatic carbocycles. The van der Waals surface area contributed by atoms with Crippen molar-refractivity contribution in [1.29, 1.82) is 5.26 Å². The van der Waals surface area contributed by atoms with E-state index in [1.807, 2.05) is 42.5 Å². The summed E-state index contributed by atoms with van der Waals surface area (Å²) in [6.45, 7) is 3.96. The van der Waals surface area contributed by atoms with E-state index in [0.29, 0.717) is 34.8 Å². The van der Waals surface area contributed by atoms with E-state index in [1.165, 1.54) is 26.0 Å². The first-order chi connectivity index (χ1) is 16.2. The van der Waals surface area contributed by atoms with Crippen molar-refractivity contribution in [1.82, 2.24) is 4.90 Å². The Balaban J connectivity index is 1.66. The third kappa shape index (κ3) is 5.15. The van der Waals surface area contributed by atoms with Gasteiger partial charge >= 0.3 is 0 Å². The van der Waals surface area contributed by atoms with Crippen LogP contribution in [0.25, 0.3) is 0 Å². The molecule has 1 N–H and O–H groups in total. The molecule has 1 saturated heterocycles. The second-order valence-electron chi connectivity index (χ2n) is 9.50. The average molecular weight is 481 g/mol. The van der Waals surface area contributed by atoms with E-state index in [9.17, 15) is 14.8 Å². The number of alkyl halides is 1. The third-order valence-electron chi connectivity index (χ3n) is 6.55. The van der Waals surface area contributed by atoms with Crippen LogP contribution in [0.4, 0.5) is 8.78 Å². The molecule has 2 atom stereocenters. The quantitative estimate of drug-likeness (QED) is 0.426. The van der Waals surface area contributed by atoms with E-state index in [0.717, 1.165) is 11.1 Å². The van der Waals surface area contributed by atoms with Gasteiger partial charge in [-0.3, -0.25) is 4.90 Å². The number of rotatable bonds is 7. The lowest BCUT2D eigenvalue weighted by Crippen LogP contribution is -2.53. The first-order valence-electron chi connectivity index (χ1n) is 11.3. The normalized spacial score (nSPS) is 16.5. The molecule has 3 nitrogen and oxygen atoms in total. The fourth-order valence-corrected chi connectivity index (χ4v) is 5.31. The summed E-state index contributed by atoms with van der Waals surface area (Å²) in [6.07, 6.45) is 0. The van der Waals surface area contributed by atoms with Crippen molar-refractivity contribution in [2.45, 2.75) is 38.1 Å². The molecule has 1 aliphatic heterocycles. The van der Waals surface area contributed by atoms with Crippen LogP contribution in [0.3, 0.4) is 0 Å². The Morgan fingerprint density at radius 3 is 2.38 bits per heavy atom. The van der Waals surface area contributed by atoms with Gasteiger partial charge in [0.15, 0.2) is 0 Å². The number of halogens is 3. The van der Waals surface area contributed by atoms with Crippen LogP contribution in [0.2, 0.25) is 5.02 Å². The molecule has 1 aliphatic rings. The number of nitriles is 1. The largest absolute Gasteiger partial charge is 0.392 e. The van der Waals surface area contributed by atoms with Crippen LogP contribution in [-0.2, 0) is 6.61 Å². The predicted molar refractivity (Wildman–Crippen MR) is 130 cm³/mol. The number of hydrogen-bond donors (Lipinski definition) is 1. The van der Waals surface area contributed by atoms with Gasteiger partial charge in [-0.1, -0.05) is 41.9 Å². The van der Waals surface area contributed by atoms with Crippen LogP contribution in [0.15, 0.2) is 66.7 Å². The third-order valence-corrected chi connectivity index (χ3v) is 6.80. The Morgan fingerprint density at radius 2 is 1.76 bits per heavy atom. The molecule has 3 aromatic carbocycles. The van der Waals surface area contributed by atoms with E-state index in [2.05, 4.69) is 11.0 Å². The smallest absolute Gasteiger partial charge is 0.123 e. The minimum Gasteiger partial charge on any atom is -0.392 e. The maximum Gasteiger partial charge on any atom is 0.123 e. The highest BCUT2D eigenvalue weighted by Crippen LogP contribution is 2.45. The molecule has 0 saturated carbocycles. The minimum absolute atomic E-state index is 0.0395. The topological polar surface area (TPSA) is 47.3 Å². The van der Waals surface area contributed by atoms with Crippen LogP contribution in [0, 0.1) is 23.1 Å². The highest BCUT2D eigenvalue weighted by atomic mass is 35.5. The summed E-state index contributed by atoms with van der Waals surface area (Å²) < 4.78 is 29.7. The highest BCUT2D eigenvalue weighted by molar-refractivity contribution is 6.30. The summed E-state index contributed by atoms with van der Waals surface area (Å²) in [7, 11) is 0. The molecule has 0 amide bonds. The molecule has 3 aromatic rings. The molecule has 6 heteroatoms. The van der Waals surface area contributed by atoms with Crippen molar-refractivity contribution < 1.29 is 13.9 Å². The van der Waals surface area contributed by atoms with Gasteiger partial charge in [-0.25, -0.2) is 8.78 Å². The number of benzene rings is 3. The molecule has 0 aromatic heterocycles. The number of aliphatic hydroxyl groups excluding tert-OH is 1. The van der Waals surface area contributed by atoms with Crippen molar-refractivity contribution in [3.05, 3.63) is 105 Å². The Kier molecular flexibility index (Phi) is 7.04. The van der Waals surface area contributed by atoms with E-state index >= 15 is 4.39 Å². The van der Waals surface area contributed by atoms with Crippen molar-refractivity contribution in [3.63, 3.8) is 0 Å². The molecule has 1 heterocycles. The van der Waals surface area contributed by atoms with Crippen LogP contribution >= 0.6 is 11.6 Å². The lowest BCUT2D eigenvalue weighted by molar-refractivity contribution is 0.00808. The summed E-state index contributed by atoms with van der Waals surface area (Å²) in [6, 6.07) is 21.5. The summed E-state index contributed by atoms with van der Waals surface area (Å²) >= 11 is 6.11. The van der Waals surface area contributed by atoms with E-state index in [4.69, 9.17) is 11.6 Å². The lowest BCUT2D eigenvalue weighted by atomic mass is 9.72. The fraction of sp³-hybridized carbons (Fsp3) is 0.321. The maximum absolute atomic E-state index is 15.4. The number of hydrogen-bond acceptors (Lipinski definition) is 3. The zero-order valence-electron chi connectivity index (χ0n) is 19.2. The highest BCUT2D eigenvalue weighted by Gasteiger charge is 2.45. The molecule has 0 radical (unpaired) electrons. The van der Waals surface area contributed by atoms with Gasteiger partial charge in [0.1, 0.15) is 11.5 Å². The maximum atomic E-state index is 15.4. The minimum atomic E-state index is -1.58. The average Bonchev–Trinajstić information content (AvgIpc) is 2.77. The van der Waals surface area contributed by atoms with Crippen LogP contribution in [0.5, 0.6) is 0 Å². The van der Waals surface area contributed by atoms with Gasteiger partial charge in [-0.05, 0) is 78.4 Å². The first-order valence-corrected chi connectivity index (χ1v) is 11.7. The van der Waals surface area contributed by atoms with Crippen molar-refractivity contribution in [2.24, 2.45) is 5.92 Å². The van der Waals surface area contributed by atoms with Gasteiger partial charge in [0, 0.05) is 24.0 Å². The first kappa shape index (κ1) is 24.3. The molecule has 1 fully saturated rings. The van der Waals surface area contributed by atoms with Crippen molar-refractivity contribution >= 4 is 11.6 Å². The molecule has 176 valence electrons. The van der Waals surface area contributed by atoms with E-state index < -0.39 is 17.4 Å². The summed E-state index contributed by atoms with van der Waals surface area (Å²) in [4.78, 5) is 2.25. The molecular weight excluding hydrogens is 454 g/mol. The molecular formula is C28H27ClF2N2O. The Hall–Kier alpha value is -2.78. The Labute approximate surface area is 204 Å². The number of likely N-dealkylation sites (tertiary alicyclic amines) is 1. The van der Waals surface area contributed by atoms with Gasteiger partial charge in [0.2, 0.25) is 0 Å². The van der Waals surface area contributed by atoms with Gasteiger partial charge in [-0.15, -0.1) is 0 Å². The summed E-state index contributed by atoms with van der Waals surface area (Å²) in [5.41, 5.74) is 2.01. The SMILES string of the molecule is CC(C)(F)C(c1cc(F)cc(CO)c1)C1CN(C(c2ccc(Cl)cc2)c2cccc(C#N)c2)C1.